The minimum absolute atomic E-state index is 0. The van der Waals surface area contributed by atoms with Crippen LogP contribution in [0.25, 0.3) is 0 Å². The summed E-state index contributed by atoms with van der Waals surface area (Å²) in [4.78, 5) is 2.28. The molecule has 1 nitrogen and oxygen atoms in total. The quantitative estimate of drug-likeness (QED) is 0.305. The van der Waals surface area contributed by atoms with Gasteiger partial charge in [0.15, 0.2) is 0 Å². The maximum Gasteiger partial charge on any atom is 0.0461 e. The predicted octanol–water partition coefficient (Wildman–Crippen LogP) is 6.93. The van der Waals surface area contributed by atoms with Crippen LogP contribution in [0.2, 0.25) is 0 Å². The normalized spacial score (nSPS) is 11.0. The topological polar surface area (TPSA) is 3.24 Å². The maximum absolute atomic E-state index is 4.00. The number of hydrogen-bond donors (Lipinski definition) is 0. The van der Waals surface area contributed by atoms with Crippen molar-refractivity contribution in [1.29, 1.82) is 0 Å². The Morgan fingerprint density at radius 1 is 0.720 bits per heavy atom. The van der Waals surface area contributed by atoms with Gasteiger partial charge in [0.05, 0.1) is 0 Å². The second-order valence-corrected chi connectivity index (χ2v) is 5.79. The molecule has 1 unspecified atom stereocenters. The van der Waals surface area contributed by atoms with Gasteiger partial charge in [0, 0.05) is 17.1 Å². The number of anilines is 3. The Bertz CT molecular complexity index is 684. The van der Waals surface area contributed by atoms with Crippen molar-refractivity contribution >= 4 is 17.1 Å². The van der Waals surface area contributed by atoms with Gasteiger partial charge in [-0.1, -0.05) is 55.5 Å². The third kappa shape index (κ3) is 4.26. The van der Waals surface area contributed by atoms with Gasteiger partial charge in [0.25, 0.3) is 0 Å². The van der Waals surface area contributed by atoms with Crippen LogP contribution in [0.1, 0.15) is 24.8 Å². The fourth-order valence-electron chi connectivity index (χ4n) is 2.72. The van der Waals surface area contributed by atoms with Gasteiger partial charge >= 0.3 is 0 Å². The molecule has 0 heterocycles. The predicted molar refractivity (Wildman–Crippen MR) is 106 cm³/mol. The van der Waals surface area contributed by atoms with E-state index in [-0.39, 0.29) is 7.43 Å². The number of nitrogens with zero attached hydrogens (tertiary/aromatic N) is 1. The van der Waals surface area contributed by atoms with Crippen molar-refractivity contribution in [2.24, 2.45) is 0 Å². The van der Waals surface area contributed by atoms with E-state index in [0.29, 0.717) is 5.92 Å². The van der Waals surface area contributed by atoms with Crippen LogP contribution in [0.3, 0.4) is 0 Å². The van der Waals surface area contributed by atoms with Crippen LogP contribution in [0.15, 0.2) is 84.9 Å². The third-order valence-corrected chi connectivity index (χ3v) is 4.18. The summed E-state index contributed by atoms with van der Waals surface area (Å²) in [5.74, 6) is 0.492. The molecule has 1 atom stereocenters. The first kappa shape index (κ1) is 19.5. The second kappa shape index (κ2) is 8.93. The SMILES string of the molecule is [CH2-]CC(C)c1ccc(N(c2ccccc2)c2ccccc2)cc1.[CH3-].[Cm]. The van der Waals surface area contributed by atoms with E-state index >= 15 is 0 Å². The Kier molecular flexibility index (Phi) is 6.97. The number of rotatable bonds is 5. The first-order valence-electron chi connectivity index (χ1n) is 8.09. The summed E-state index contributed by atoms with van der Waals surface area (Å²) in [5.41, 5.74) is 4.83. The number of para-hydroxylation sites is 2. The molecule has 0 aromatic heterocycles. The van der Waals surface area contributed by atoms with Crippen molar-refractivity contribution < 1.29 is 0 Å². The van der Waals surface area contributed by atoms with Gasteiger partial charge in [0.2, 0.25) is 0 Å². The molecule has 3 aromatic rings. The summed E-state index contributed by atoms with van der Waals surface area (Å²) in [6.45, 7) is 6.22. The molecule has 132 valence electrons. The fourth-order valence-corrected chi connectivity index (χ4v) is 2.72. The maximum atomic E-state index is 4.00. The van der Waals surface area contributed by atoms with Gasteiger partial charge < -0.3 is 19.3 Å². The van der Waals surface area contributed by atoms with E-state index < -0.39 is 0 Å². The van der Waals surface area contributed by atoms with E-state index in [2.05, 4.69) is 91.5 Å². The van der Waals surface area contributed by atoms with E-state index in [1.54, 1.807) is 0 Å². The Labute approximate surface area is 146 Å². The van der Waals surface area contributed by atoms with Crippen molar-refractivity contribution in [3.63, 3.8) is 0 Å². The first-order valence-corrected chi connectivity index (χ1v) is 8.09. The molecule has 2 heteroatoms. The van der Waals surface area contributed by atoms with Gasteiger partial charge in [-0.2, -0.15) is 6.42 Å². The van der Waals surface area contributed by atoms with E-state index in [4.69, 9.17) is 0 Å². The zero-order valence-electron chi connectivity index (χ0n) is 14.9. The Morgan fingerprint density at radius 2 is 1.12 bits per heavy atom. The molecule has 0 bridgehead atoms. The number of hydrogen-bond acceptors (Lipinski definition) is 1. The largest absolute Gasteiger partial charge is 0.358 e. The monoisotopic (exact) mass is 558 g/mol. The average Bonchev–Trinajstić information content (AvgIpc) is 2.64. The standard InChI is InChI=1S/C22H22N.CH3.Cm/c1-3-18(2)19-14-16-22(17-15-19)23(20-10-6-4-7-11-20)21-12-8-5-9-13-21;;/h4-18H,1,3H2,2H3;1H3;/q2*-1;. The van der Waals surface area contributed by atoms with Gasteiger partial charge in [0.1, 0.15) is 0 Å². The summed E-state index contributed by atoms with van der Waals surface area (Å²) in [6, 6.07) is 29.8. The molecule has 0 aliphatic heterocycles. The van der Waals surface area contributed by atoms with Gasteiger partial charge in [-0.05, 0) is 47.9 Å². The second-order valence-electron chi connectivity index (χ2n) is 5.79. The molecule has 3 rings (SSSR count). The van der Waals surface area contributed by atoms with Crippen molar-refractivity contribution in [2.75, 3.05) is 4.90 Å². The summed E-state index contributed by atoms with van der Waals surface area (Å²) in [5, 5.41) is 0. The van der Waals surface area contributed by atoms with Crippen LogP contribution in [0.4, 0.5) is 17.1 Å². The fraction of sp³-hybridized carbons (Fsp3) is 0.130. The van der Waals surface area contributed by atoms with Gasteiger partial charge in [-0.25, -0.2) is 0 Å². The van der Waals surface area contributed by atoms with E-state index in [0.717, 1.165) is 17.8 Å². The molecular formula is C23H25CmN-2. The summed E-state index contributed by atoms with van der Waals surface area (Å²) in [6.07, 6.45) is 0.917. The molecule has 0 fully saturated rings. The zero-order valence-corrected chi connectivity index (χ0v) is 17.8. The minimum Gasteiger partial charge on any atom is -0.358 e. The van der Waals surface area contributed by atoms with E-state index in [1.807, 2.05) is 12.1 Å². The molecule has 3 aromatic carbocycles. The molecular weight excluding hydrogens is 537 g/mol. The first-order chi connectivity index (χ1) is 11.3. The van der Waals surface area contributed by atoms with Gasteiger partial charge in [-0.3, -0.25) is 0 Å². The van der Waals surface area contributed by atoms with Crippen LogP contribution in [-0.4, -0.2) is 0 Å². The minimum atomic E-state index is 0. The molecule has 0 saturated heterocycles. The summed E-state index contributed by atoms with van der Waals surface area (Å²) >= 11 is 0. The van der Waals surface area contributed by atoms with Crippen molar-refractivity contribution in [1.82, 2.24) is 0 Å². The summed E-state index contributed by atoms with van der Waals surface area (Å²) in [7, 11) is 0. The van der Waals surface area contributed by atoms with Crippen LogP contribution in [0.5, 0.6) is 0 Å². The number of benzene rings is 3. The Morgan fingerprint density at radius 3 is 1.52 bits per heavy atom. The Hall–Kier alpha value is -3.54. The van der Waals surface area contributed by atoms with Crippen LogP contribution >= 0.6 is 0 Å². The van der Waals surface area contributed by atoms with Crippen molar-refractivity contribution in [3.05, 3.63) is 105 Å². The zero-order chi connectivity index (χ0) is 16.1. The molecule has 0 aliphatic rings. The van der Waals surface area contributed by atoms with Crippen molar-refractivity contribution in [2.45, 2.75) is 19.3 Å². The molecule has 0 saturated carbocycles. The molecule has 0 amide bonds. The molecule has 0 spiro atoms. The molecule has 0 radical (unpaired) electrons. The van der Waals surface area contributed by atoms with Crippen molar-refractivity contribution in [3.8, 4) is 0 Å². The van der Waals surface area contributed by atoms with Crippen LogP contribution < -0.4 is 4.90 Å². The van der Waals surface area contributed by atoms with E-state index in [9.17, 15) is 0 Å². The average molecular weight is 562 g/mol. The van der Waals surface area contributed by atoms with Crippen LogP contribution in [-0.2, 0) is 0 Å². The third-order valence-electron chi connectivity index (χ3n) is 4.18. The molecule has 0 N–H and O–H groups in total. The summed E-state index contributed by atoms with van der Waals surface area (Å²) < 4.78 is 0. The Balaban J connectivity index is 0.00000156. The smallest absolute Gasteiger partial charge is 0.0461 e. The molecule has 25 heavy (non-hydrogen) atoms. The molecule has 0 aliphatic carbocycles. The van der Waals surface area contributed by atoms with E-state index in [1.165, 1.54) is 11.3 Å². The van der Waals surface area contributed by atoms with Gasteiger partial charge in [-0.15, -0.1) is 0 Å². The van der Waals surface area contributed by atoms with Crippen LogP contribution in [0, 0.1) is 14.4 Å².